The maximum absolute atomic E-state index is 13.1. The molecule has 1 atom stereocenters. The second-order valence-corrected chi connectivity index (χ2v) is 13.0. The molecule has 0 spiro atoms. The average Bonchev–Trinajstić information content (AvgIpc) is 3.53. The normalized spacial score (nSPS) is 15.7. The molecule has 1 amide bonds. The molecule has 216 valence electrons. The Morgan fingerprint density at radius 3 is 2.38 bits per heavy atom. The molecule has 0 aliphatic carbocycles. The number of likely N-dealkylation sites (tertiary alicyclic amines) is 1. The number of nitrogens with zero attached hydrogens (tertiary/aromatic N) is 3. The molecule has 1 aromatic heterocycles. The molecule has 2 heterocycles. The molecule has 1 saturated heterocycles. The lowest BCUT2D eigenvalue weighted by Gasteiger charge is -2.38. The largest absolute Gasteiger partial charge is 0.445 e. The second kappa shape index (κ2) is 14.7. The van der Waals surface area contributed by atoms with Crippen LogP contribution in [0.25, 0.3) is 0 Å². The molecule has 3 aromatic rings. The third-order valence-electron chi connectivity index (χ3n) is 7.52. The maximum atomic E-state index is 13.1. The quantitative estimate of drug-likeness (QED) is 0.315. The summed E-state index contributed by atoms with van der Waals surface area (Å²) in [6.45, 7) is 3.25. The molecule has 0 radical (unpaired) electrons. The first-order valence-corrected chi connectivity index (χ1v) is 16.1. The van der Waals surface area contributed by atoms with Crippen molar-refractivity contribution in [2.45, 2.75) is 42.7 Å². The Hall–Kier alpha value is -2.76. The van der Waals surface area contributed by atoms with Gasteiger partial charge in [-0.1, -0.05) is 48.5 Å². The molecule has 0 bridgehead atoms. The van der Waals surface area contributed by atoms with Gasteiger partial charge in [-0.2, -0.15) is 11.3 Å². The number of amides is 1. The summed E-state index contributed by atoms with van der Waals surface area (Å²) >= 11 is 1.62. The van der Waals surface area contributed by atoms with Crippen molar-refractivity contribution in [3.05, 3.63) is 88.6 Å². The van der Waals surface area contributed by atoms with Gasteiger partial charge in [-0.05, 0) is 71.8 Å². The van der Waals surface area contributed by atoms with E-state index in [1.165, 1.54) is 4.31 Å². The Kier molecular flexibility index (Phi) is 11.1. The van der Waals surface area contributed by atoms with Crippen LogP contribution in [0.15, 0.2) is 82.4 Å². The minimum Gasteiger partial charge on any atom is -0.445 e. The lowest BCUT2D eigenvalue weighted by atomic mass is 9.97. The van der Waals surface area contributed by atoms with Crippen molar-refractivity contribution in [2.75, 3.05) is 46.4 Å². The van der Waals surface area contributed by atoms with Crippen LogP contribution < -0.4 is 0 Å². The highest BCUT2D eigenvalue weighted by molar-refractivity contribution is 7.89. The van der Waals surface area contributed by atoms with Crippen molar-refractivity contribution in [1.82, 2.24) is 14.1 Å². The summed E-state index contributed by atoms with van der Waals surface area (Å²) in [5.41, 5.74) is 2.09. The van der Waals surface area contributed by atoms with Crippen LogP contribution in [0.4, 0.5) is 4.79 Å². The standard InChI is InChI=1S/C30H39N3O5S2/c1-31(40(36,37)29-10-6-3-7-11-29)22-26(27-15-21-39-24-27)12-16-32-17-13-28(14-18-32)33(19-20-34)30(35)38-23-25-8-4-2-5-9-25/h2-11,15,21,24,26,28,34H,12-14,16-20,22-23H2,1H3/t26-/m0/s1. The minimum atomic E-state index is -3.57. The first-order valence-electron chi connectivity index (χ1n) is 13.7. The van der Waals surface area contributed by atoms with Gasteiger partial charge < -0.3 is 19.6 Å². The highest BCUT2D eigenvalue weighted by Gasteiger charge is 2.30. The summed E-state index contributed by atoms with van der Waals surface area (Å²) in [6, 6.07) is 20.2. The fraction of sp³-hybridized carbons (Fsp3) is 0.433. The van der Waals surface area contributed by atoms with Crippen molar-refractivity contribution in [1.29, 1.82) is 0 Å². The molecule has 4 rings (SSSR count). The number of sulfonamides is 1. The molecule has 1 aliphatic heterocycles. The van der Waals surface area contributed by atoms with Gasteiger partial charge in [-0.3, -0.25) is 0 Å². The van der Waals surface area contributed by atoms with Crippen molar-refractivity contribution >= 4 is 27.5 Å². The van der Waals surface area contributed by atoms with Gasteiger partial charge in [0.05, 0.1) is 11.5 Å². The number of carbonyl (C=O) groups is 1. The van der Waals surface area contributed by atoms with E-state index in [0.29, 0.717) is 11.4 Å². The third kappa shape index (κ3) is 8.14. The molecule has 10 heteroatoms. The number of piperidine rings is 1. The summed E-state index contributed by atoms with van der Waals surface area (Å²) in [6.07, 6.45) is 2.03. The molecule has 2 aromatic carbocycles. The van der Waals surface area contributed by atoms with Crippen LogP contribution in [0.2, 0.25) is 0 Å². The zero-order chi connectivity index (χ0) is 28.4. The summed E-state index contributed by atoms with van der Waals surface area (Å²) in [5, 5.41) is 13.7. The molecule has 0 saturated carbocycles. The van der Waals surface area contributed by atoms with Crippen LogP contribution in [-0.2, 0) is 21.4 Å². The van der Waals surface area contributed by atoms with Gasteiger partial charge in [0.15, 0.2) is 0 Å². The summed E-state index contributed by atoms with van der Waals surface area (Å²) in [4.78, 5) is 17.2. The number of aliphatic hydroxyl groups is 1. The topological polar surface area (TPSA) is 90.4 Å². The number of benzene rings is 2. The molecular weight excluding hydrogens is 546 g/mol. The average molecular weight is 586 g/mol. The predicted octanol–water partition coefficient (Wildman–Crippen LogP) is 4.64. The van der Waals surface area contributed by atoms with Gasteiger partial charge >= 0.3 is 6.09 Å². The van der Waals surface area contributed by atoms with E-state index < -0.39 is 16.1 Å². The first-order chi connectivity index (χ1) is 19.4. The fourth-order valence-electron chi connectivity index (χ4n) is 5.18. The van der Waals surface area contributed by atoms with Gasteiger partial charge in [0, 0.05) is 39.3 Å². The van der Waals surface area contributed by atoms with E-state index in [4.69, 9.17) is 4.74 Å². The first kappa shape index (κ1) is 30.2. The summed E-state index contributed by atoms with van der Waals surface area (Å²) < 4.78 is 33.3. The second-order valence-electron chi connectivity index (χ2n) is 10.2. The number of likely N-dealkylation sites (N-methyl/N-ethyl adjacent to an activating group) is 1. The fourth-order valence-corrected chi connectivity index (χ4v) is 7.16. The zero-order valence-electron chi connectivity index (χ0n) is 23.0. The van der Waals surface area contributed by atoms with Crippen LogP contribution in [-0.4, -0.2) is 86.1 Å². The summed E-state index contributed by atoms with van der Waals surface area (Å²) in [5.74, 6) is 0.0753. The third-order valence-corrected chi connectivity index (χ3v) is 10.1. The number of ether oxygens (including phenoxy) is 1. The Bertz CT molecular complexity index is 1270. The molecule has 8 nitrogen and oxygen atoms in total. The van der Waals surface area contributed by atoms with Crippen molar-refractivity contribution in [2.24, 2.45) is 0 Å². The molecule has 1 N–H and O–H groups in total. The summed E-state index contributed by atoms with van der Waals surface area (Å²) in [7, 11) is -1.92. The van der Waals surface area contributed by atoms with E-state index in [1.54, 1.807) is 47.5 Å². The Labute approximate surface area is 241 Å². The van der Waals surface area contributed by atoms with Gasteiger partial charge in [-0.15, -0.1) is 0 Å². The maximum Gasteiger partial charge on any atom is 0.410 e. The lowest BCUT2D eigenvalue weighted by Crippen LogP contribution is -2.48. The van der Waals surface area contributed by atoms with E-state index in [0.717, 1.165) is 50.0 Å². The smallest absolute Gasteiger partial charge is 0.410 e. The van der Waals surface area contributed by atoms with Crippen molar-refractivity contribution in [3.63, 3.8) is 0 Å². The van der Waals surface area contributed by atoms with E-state index >= 15 is 0 Å². The Morgan fingerprint density at radius 2 is 1.75 bits per heavy atom. The number of hydrogen-bond acceptors (Lipinski definition) is 7. The number of thiophene rings is 1. The molecular formula is C30H39N3O5S2. The van der Waals surface area contributed by atoms with Crippen LogP contribution in [0.3, 0.4) is 0 Å². The van der Waals surface area contributed by atoms with Crippen LogP contribution >= 0.6 is 11.3 Å². The van der Waals surface area contributed by atoms with E-state index in [9.17, 15) is 18.3 Å². The highest BCUT2D eigenvalue weighted by atomic mass is 32.2. The minimum absolute atomic E-state index is 0.0153. The van der Waals surface area contributed by atoms with Gasteiger partial charge in [-0.25, -0.2) is 17.5 Å². The van der Waals surface area contributed by atoms with Gasteiger partial charge in [0.25, 0.3) is 0 Å². The van der Waals surface area contributed by atoms with E-state index in [1.807, 2.05) is 41.8 Å². The molecule has 1 fully saturated rings. The molecule has 0 unspecified atom stereocenters. The Morgan fingerprint density at radius 1 is 1.07 bits per heavy atom. The van der Waals surface area contributed by atoms with Gasteiger partial charge in [0.2, 0.25) is 10.0 Å². The monoisotopic (exact) mass is 585 g/mol. The van der Waals surface area contributed by atoms with Crippen LogP contribution in [0.5, 0.6) is 0 Å². The van der Waals surface area contributed by atoms with Crippen LogP contribution in [0, 0.1) is 0 Å². The predicted molar refractivity (Wildman–Crippen MR) is 158 cm³/mol. The highest BCUT2D eigenvalue weighted by Crippen LogP contribution is 2.27. The van der Waals surface area contributed by atoms with Crippen molar-refractivity contribution < 1.29 is 23.1 Å². The molecule has 40 heavy (non-hydrogen) atoms. The molecule has 1 aliphatic rings. The number of aliphatic hydroxyl groups excluding tert-OH is 1. The van der Waals surface area contributed by atoms with Gasteiger partial charge in [0.1, 0.15) is 6.61 Å². The van der Waals surface area contributed by atoms with E-state index in [-0.39, 0.29) is 31.7 Å². The number of carbonyl (C=O) groups excluding carboxylic acids is 1. The van der Waals surface area contributed by atoms with Crippen LogP contribution in [0.1, 0.15) is 36.3 Å². The van der Waals surface area contributed by atoms with Crippen molar-refractivity contribution in [3.8, 4) is 0 Å². The van der Waals surface area contributed by atoms with E-state index in [2.05, 4.69) is 16.3 Å². The SMILES string of the molecule is CN(C[C@H](CCN1CCC(N(CCO)C(=O)OCc2ccccc2)CC1)c1ccsc1)S(=O)(=O)c1ccccc1. The Balaban J connectivity index is 1.30. The zero-order valence-corrected chi connectivity index (χ0v) is 24.6. The number of rotatable bonds is 13. The number of hydrogen-bond donors (Lipinski definition) is 1. The lowest BCUT2D eigenvalue weighted by molar-refractivity contribution is 0.0521.